The Morgan fingerprint density at radius 3 is 2.88 bits per heavy atom. The number of rotatable bonds is 1. The number of fused-ring (bicyclic) bond motifs is 1. The predicted octanol–water partition coefficient (Wildman–Crippen LogP) is 2.00. The molecule has 0 amide bonds. The molecule has 0 spiro atoms. The Labute approximate surface area is 97.5 Å². The van der Waals surface area contributed by atoms with Crippen LogP contribution in [0.4, 0.5) is 0 Å². The zero-order valence-electron chi connectivity index (χ0n) is 9.34. The first-order chi connectivity index (χ1) is 8.25. The van der Waals surface area contributed by atoms with Crippen molar-refractivity contribution in [2.75, 3.05) is 0 Å². The average molecular weight is 225 g/mol. The first-order valence-corrected chi connectivity index (χ1v) is 5.39. The fraction of sp³-hybridized carbons (Fsp3) is 0.0769. The number of aromatic nitrogens is 3. The fourth-order valence-corrected chi connectivity index (χ4v) is 1.93. The molecule has 3 rings (SSSR count). The monoisotopic (exact) mass is 225 g/mol. The van der Waals surface area contributed by atoms with Crippen LogP contribution in [0, 0.1) is 6.92 Å². The minimum Gasteiger partial charge on any atom is -0.297 e. The normalized spacial score (nSPS) is 10.9. The first-order valence-electron chi connectivity index (χ1n) is 5.39. The molecule has 0 saturated carbocycles. The summed E-state index contributed by atoms with van der Waals surface area (Å²) in [4.78, 5) is 16.3. The molecule has 0 radical (unpaired) electrons. The van der Waals surface area contributed by atoms with Gasteiger partial charge in [-0.05, 0) is 12.5 Å². The van der Waals surface area contributed by atoms with Crippen molar-refractivity contribution >= 4 is 5.65 Å². The van der Waals surface area contributed by atoms with E-state index in [-0.39, 0.29) is 5.56 Å². The Hall–Kier alpha value is -2.36. The molecular formula is C13H11N3O. The summed E-state index contributed by atoms with van der Waals surface area (Å²) in [5.41, 5.74) is 3.36. The van der Waals surface area contributed by atoms with E-state index >= 15 is 0 Å². The zero-order chi connectivity index (χ0) is 11.8. The van der Waals surface area contributed by atoms with Crippen molar-refractivity contribution in [1.82, 2.24) is 14.6 Å². The molecule has 0 saturated heterocycles. The van der Waals surface area contributed by atoms with Gasteiger partial charge in [-0.15, -0.1) is 0 Å². The third-order valence-corrected chi connectivity index (χ3v) is 2.80. The number of hydrogen-bond acceptors (Lipinski definition) is 2. The summed E-state index contributed by atoms with van der Waals surface area (Å²) in [5, 5.41) is 2.82. The molecule has 0 aliphatic rings. The van der Waals surface area contributed by atoms with Crippen molar-refractivity contribution in [3.8, 4) is 11.3 Å². The van der Waals surface area contributed by atoms with E-state index in [9.17, 15) is 4.79 Å². The van der Waals surface area contributed by atoms with E-state index in [0.717, 1.165) is 11.1 Å². The lowest BCUT2D eigenvalue weighted by Gasteiger charge is -2.04. The van der Waals surface area contributed by atoms with Gasteiger partial charge in [0.25, 0.3) is 5.56 Å². The van der Waals surface area contributed by atoms with Gasteiger partial charge in [0.05, 0.1) is 5.69 Å². The fourth-order valence-electron chi connectivity index (χ4n) is 1.93. The quantitative estimate of drug-likeness (QED) is 0.688. The van der Waals surface area contributed by atoms with Gasteiger partial charge in [0, 0.05) is 23.9 Å². The van der Waals surface area contributed by atoms with Gasteiger partial charge in [-0.1, -0.05) is 24.3 Å². The van der Waals surface area contributed by atoms with Gasteiger partial charge < -0.3 is 0 Å². The minimum absolute atomic E-state index is 0.0988. The number of aromatic amines is 1. The Balaban J connectivity index is 2.32. The zero-order valence-corrected chi connectivity index (χ0v) is 9.34. The number of hydrogen-bond donors (Lipinski definition) is 1. The first kappa shape index (κ1) is 9.84. The lowest BCUT2D eigenvalue weighted by molar-refractivity contribution is 0.901. The van der Waals surface area contributed by atoms with Gasteiger partial charge in [-0.25, -0.2) is 9.50 Å². The second-order valence-electron chi connectivity index (χ2n) is 3.95. The standard InChI is InChI=1S/C13H11N3O/c1-9-4-2-3-5-10(9)11-8-13(17)16-12(15-11)6-7-14-16/h2-8,14H,1H3. The predicted molar refractivity (Wildman–Crippen MR) is 66.0 cm³/mol. The third-order valence-electron chi connectivity index (χ3n) is 2.80. The van der Waals surface area contributed by atoms with Crippen molar-refractivity contribution in [2.24, 2.45) is 0 Å². The van der Waals surface area contributed by atoms with Crippen LogP contribution in [-0.4, -0.2) is 14.6 Å². The molecule has 1 N–H and O–H groups in total. The smallest absolute Gasteiger partial charge is 0.273 e. The molecule has 17 heavy (non-hydrogen) atoms. The topological polar surface area (TPSA) is 50.2 Å². The van der Waals surface area contributed by atoms with Crippen LogP contribution in [-0.2, 0) is 0 Å². The van der Waals surface area contributed by atoms with E-state index in [0.29, 0.717) is 11.3 Å². The van der Waals surface area contributed by atoms with Gasteiger partial charge in [0.1, 0.15) is 0 Å². The van der Waals surface area contributed by atoms with Crippen molar-refractivity contribution < 1.29 is 0 Å². The highest BCUT2D eigenvalue weighted by molar-refractivity contribution is 5.64. The highest BCUT2D eigenvalue weighted by Crippen LogP contribution is 2.19. The Bertz CT molecular complexity index is 740. The molecule has 3 aromatic rings. The molecule has 0 bridgehead atoms. The Morgan fingerprint density at radius 2 is 2.06 bits per heavy atom. The number of aryl methyl sites for hydroxylation is 1. The summed E-state index contributed by atoms with van der Waals surface area (Å²) in [5.74, 6) is 0. The van der Waals surface area contributed by atoms with Crippen LogP contribution in [0.2, 0.25) is 0 Å². The van der Waals surface area contributed by atoms with E-state index < -0.39 is 0 Å². The maximum atomic E-state index is 11.8. The summed E-state index contributed by atoms with van der Waals surface area (Å²) in [7, 11) is 0. The molecule has 4 heteroatoms. The molecule has 0 aliphatic carbocycles. The van der Waals surface area contributed by atoms with Crippen molar-refractivity contribution in [3.63, 3.8) is 0 Å². The summed E-state index contributed by atoms with van der Waals surface area (Å²) in [6.07, 6.45) is 1.70. The largest absolute Gasteiger partial charge is 0.297 e. The van der Waals surface area contributed by atoms with Gasteiger partial charge in [-0.3, -0.25) is 9.89 Å². The average Bonchev–Trinajstić information content (AvgIpc) is 2.78. The summed E-state index contributed by atoms with van der Waals surface area (Å²) in [6.45, 7) is 2.01. The van der Waals surface area contributed by atoms with E-state index in [1.54, 1.807) is 18.3 Å². The molecule has 4 nitrogen and oxygen atoms in total. The second-order valence-corrected chi connectivity index (χ2v) is 3.95. The van der Waals surface area contributed by atoms with Gasteiger partial charge in [-0.2, -0.15) is 0 Å². The van der Waals surface area contributed by atoms with Crippen molar-refractivity contribution in [3.05, 3.63) is 58.5 Å². The highest BCUT2D eigenvalue weighted by atomic mass is 16.1. The lowest BCUT2D eigenvalue weighted by atomic mass is 10.1. The van der Waals surface area contributed by atoms with Crippen LogP contribution in [0.25, 0.3) is 16.9 Å². The maximum absolute atomic E-state index is 11.8. The molecule has 0 fully saturated rings. The molecular weight excluding hydrogens is 214 g/mol. The van der Waals surface area contributed by atoms with Crippen LogP contribution < -0.4 is 5.56 Å². The van der Waals surface area contributed by atoms with E-state index in [2.05, 4.69) is 10.1 Å². The van der Waals surface area contributed by atoms with E-state index in [1.165, 1.54) is 4.52 Å². The molecule has 84 valence electrons. The minimum atomic E-state index is -0.0988. The number of nitrogens with zero attached hydrogens (tertiary/aromatic N) is 2. The van der Waals surface area contributed by atoms with E-state index in [1.807, 2.05) is 31.2 Å². The number of benzene rings is 1. The summed E-state index contributed by atoms with van der Waals surface area (Å²) >= 11 is 0. The molecule has 2 heterocycles. The Morgan fingerprint density at radius 1 is 1.24 bits per heavy atom. The summed E-state index contributed by atoms with van der Waals surface area (Å²) < 4.78 is 1.42. The summed E-state index contributed by atoms with van der Waals surface area (Å²) in [6, 6.07) is 11.2. The SMILES string of the molecule is Cc1ccccc1-c1cc(=O)n2[nH]ccc2n1. The molecule has 0 atom stereocenters. The number of H-pyrrole nitrogens is 1. The van der Waals surface area contributed by atoms with Crippen molar-refractivity contribution in [1.29, 1.82) is 0 Å². The third kappa shape index (κ3) is 1.54. The maximum Gasteiger partial charge on any atom is 0.273 e. The van der Waals surface area contributed by atoms with Crippen LogP contribution in [0.1, 0.15) is 5.56 Å². The van der Waals surface area contributed by atoms with Gasteiger partial charge >= 0.3 is 0 Å². The molecule has 2 aromatic heterocycles. The van der Waals surface area contributed by atoms with Crippen LogP contribution in [0.15, 0.2) is 47.4 Å². The Kier molecular flexibility index (Phi) is 2.08. The van der Waals surface area contributed by atoms with Crippen LogP contribution >= 0.6 is 0 Å². The second kappa shape index (κ2) is 3.59. The molecule has 1 aromatic carbocycles. The number of nitrogens with one attached hydrogen (secondary N) is 1. The van der Waals surface area contributed by atoms with E-state index in [4.69, 9.17) is 0 Å². The molecule has 0 unspecified atom stereocenters. The van der Waals surface area contributed by atoms with Crippen LogP contribution in [0.3, 0.4) is 0 Å². The lowest BCUT2D eigenvalue weighted by Crippen LogP contribution is -2.14. The van der Waals surface area contributed by atoms with Crippen molar-refractivity contribution in [2.45, 2.75) is 6.92 Å². The highest BCUT2D eigenvalue weighted by Gasteiger charge is 2.06. The van der Waals surface area contributed by atoms with Crippen LogP contribution in [0.5, 0.6) is 0 Å². The molecule has 0 aliphatic heterocycles. The van der Waals surface area contributed by atoms with Gasteiger partial charge in [0.15, 0.2) is 5.65 Å². The van der Waals surface area contributed by atoms with Gasteiger partial charge in [0.2, 0.25) is 0 Å².